The molecule has 1 spiro atoms. The molecule has 3 aliphatic rings. The summed E-state index contributed by atoms with van der Waals surface area (Å²) in [5.41, 5.74) is 15.7. The fraction of sp³-hybridized carbons (Fsp3) is 0.0612. The van der Waals surface area contributed by atoms with Gasteiger partial charge in [0, 0.05) is 25.9 Å². The van der Waals surface area contributed by atoms with Gasteiger partial charge in [0.2, 0.25) is 0 Å². The van der Waals surface area contributed by atoms with Gasteiger partial charge >= 0.3 is 0 Å². The molecule has 0 atom stereocenters. The summed E-state index contributed by atoms with van der Waals surface area (Å²) in [5, 5.41) is 4.04. The molecule has 0 radical (unpaired) electrons. The minimum absolute atomic E-state index is 0.395. The Hall–Kier alpha value is -5.74. The van der Waals surface area contributed by atoms with E-state index in [4.69, 9.17) is 0 Å². The van der Waals surface area contributed by atoms with E-state index in [1.54, 1.807) is 0 Å². The van der Waals surface area contributed by atoms with Gasteiger partial charge in [0.25, 0.3) is 0 Å². The van der Waals surface area contributed by atoms with E-state index >= 15 is 0 Å². The van der Waals surface area contributed by atoms with Crippen molar-refractivity contribution in [3.8, 4) is 22.3 Å². The molecule has 0 unspecified atom stereocenters. The summed E-state index contributed by atoms with van der Waals surface area (Å²) in [4.78, 5) is 4.00. The lowest BCUT2D eigenvalue weighted by molar-refractivity contribution is 0.793. The van der Waals surface area contributed by atoms with E-state index in [1.165, 1.54) is 102 Å². The summed E-state index contributed by atoms with van der Waals surface area (Å²) in [6.45, 7) is 0. The molecule has 52 heavy (non-hydrogen) atoms. The Balaban J connectivity index is 1.17. The summed E-state index contributed by atoms with van der Waals surface area (Å²) in [6, 6.07) is 59.4. The van der Waals surface area contributed by atoms with Crippen molar-refractivity contribution in [1.29, 1.82) is 0 Å². The number of nitrogens with zero attached hydrogens (tertiary/aromatic N) is 1. The monoisotopic (exact) mass is 697 g/mol. The Labute approximate surface area is 310 Å². The van der Waals surface area contributed by atoms with Crippen LogP contribution in [0.5, 0.6) is 0 Å². The third kappa shape index (κ3) is 3.67. The molecule has 0 aliphatic heterocycles. The number of allylic oxidation sites excluding steroid dienone is 1. The maximum atomic E-state index is 2.61. The van der Waals surface area contributed by atoms with E-state index in [0.717, 1.165) is 12.8 Å². The molecule has 2 aromatic heterocycles. The smallest absolute Gasteiger partial charge is 0.0726 e. The second-order valence-corrected chi connectivity index (χ2v) is 16.3. The summed E-state index contributed by atoms with van der Waals surface area (Å²) in [7, 11) is 0. The fourth-order valence-electron chi connectivity index (χ4n) is 9.73. The van der Waals surface area contributed by atoms with Gasteiger partial charge in [-0.05, 0) is 98.6 Å². The molecule has 0 saturated heterocycles. The third-order valence-electron chi connectivity index (χ3n) is 11.8. The topological polar surface area (TPSA) is 3.24 Å². The number of benzene rings is 7. The largest absolute Gasteiger partial charge is 0.308 e. The first-order valence-corrected chi connectivity index (χ1v) is 19.8. The van der Waals surface area contributed by atoms with Crippen LogP contribution in [0.15, 0.2) is 164 Å². The third-order valence-corrected chi connectivity index (χ3v) is 14.2. The first-order chi connectivity index (χ1) is 25.8. The summed E-state index contributed by atoms with van der Waals surface area (Å²) < 4.78 is 4.02. The Morgan fingerprint density at radius 2 is 1.06 bits per heavy atom. The van der Waals surface area contributed by atoms with E-state index in [2.05, 4.69) is 169 Å². The molecule has 2 heterocycles. The fourth-order valence-corrected chi connectivity index (χ4v) is 12.2. The molecule has 1 nitrogen and oxygen atoms in total. The molecular weight excluding hydrogens is 667 g/mol. The maximum absolute atomic E-state index is 2.61. The molecule has 0 saturated carbocycles. The average Bonchev–Trinajstić information content (AvgIpc) is 3.94. The van der Waals surface area contributed by atoms with E-state index in [1.807, 2.05) is 22.7 Å². The molecular formula is C49H31NS2. The summed E-state index contributed by atoms with van der Waals surface area (Å²) in [6.07, 6.45) is 4.59. The molecule has 0 bridgehead atoms. The van der Waals surface area contributed by atoms with Crippen LogP contribution in [-0.4, -0.2) is 0 Å². The van der Waals surface area contributed by atoms with Crippen molar-refractivity contribution in [2.24, 2.45) is 0 Å². The van der Waals surface area contributed by atoms with Crippen LogP contribution >= 0.6 is 22.7 Å². The average molecular weight is 698 g/mol. The molecule has 9 aromatic rings. The predicted molar refractivity (Wildman–Crippen MR) is 222 cm³/mol. The van der Waals surface area contributed by atoms with Gasteiger partial charge < -0.3 is 4.90 Å². The van der Waals surface area contributed by atoms with Crippen LogP contribution in [0.4, 0.5) is 11.4 Å². The lowest BCUT2D eigenvalue weighted by atomic mass is 9.70. The predicted octanol–water partition coefficient (Wildman–Crippen LogP) is 13.7. The number of fused-ring (bicyclic) bond motifs is 16. The zero-order valence-corrected chi connectivity index (χ0v) is 29.9. The Bertz CT molecular complexity index is 2930. The molecule has 0 amide bonds. The molecule has 0 N–H and O–H groups in total. The lowest BCUT2D eigenvalue weighted by Gasteiger charge is -2.33. The van der Waals surface area contributed by atoms with Crippen molar-refractivity contribution in [2.75, 3.05) is 4.90 Å². The standard InChI is InChI=1S/C49H31NS2/c1-6-20-39-31(13-1)32-14-2-7-21-40(32)49(39)41-22-8-3-15-33(41)34-28-27-30(29-42(34)49)50(43-23-11-18-37-35-16-4-9-25-45(35)51-47(37)43)44-24-12-19-38-36-17-5-10-26-46(36)52-48(38)44/h1-11,13-18,20-29H,12,19H2. The number of thiophene rings is 2. The van der Waals surface area contributed by atoms with Gasteiger partial charge in [-0.1, -0.05) is 133 Å². The van der Waals surface area contributed by atoms with Gasteiger partial charge in [0.15, 0.2) is 0 Å². The van der Waals surface area contributed by atoms with E-state index < -0.39 is 5.41 Å². The van der Waals surface area contributed by atoms with Crippen LogP contribution in [0.2, 0.25) is 0 Å². The van der Waals surface area contributed by atoms with E-state index in [9.17, 15) is 0 Å². The molecule has 12 rings (SSSR count). The highest BCUT2D eigenvalue weighted by Crippen LogP contribution is 2.63. The zero-order chi connectivity index (χ0) is 34.0. The highest BCUT2D eigenvalue weighted by atomic mass is 32.1. The van der Waals surface area contributed by atoms with Gasteiger partial charge in [-0.15, -0.1) is 22.7 Å². The number of rotatable bonds is 3. The quantitative estimate of drug-likeness (QED) is 0.178. The van der Waals surface area contributed by atoms with Crippen LogP contribution in [0.25, 0.3) is 58.2 Å². The van der Waals surface area contributed by atoms with E-state index in [0.29, 0.717) is 0 Å². The molecule has 3 aliphatic carbocycles. The second kappa shape index (κ2) is 10.6. The van der Waals surface area contributed by atoms with Crippen LogP contribution in [0.3, 0.4) is 0 Å². The summed E-state index contributed by atoms with van der Waals surface area (Å²) in [5.74, 6) is 0. The highest BCUT2D eigenvalue weighted by Gasteiger charge is 2.51. The van der Waals surface area contributed by atoms with Crippen molar-refractivity contribution in [3.05, 3.63) is 196 Å². The summed E-state index contributed by atoms with van der Waals surface area (Å²) >= 11 is 3.86. The number of aryl methyl sites for hydroxylation is 1. The minimum Gasteiger partial charge on any atom is -0.308 e. The van der Waals surface area contributed by atoms with Crippen LogP contribution in [0.1, 0.15) is 39.1 Å². The maximum Gasteiger partial charge on any atom is 0.0726 e. The van der Waals surface area contributed by atoms with Crippen LogP contribution in [0, 0.1) is 0 Å². The van der Waals surface area contributed by atoms with Gasteiger partial charge in [-0.2, -0.15) is 0 Å². The van der Waals surface area contributed by atoms with Crippen LogP contribution in [-0.2, 0) is 11.8 Å². The number of hydrogen-bond acceptors (Lipinski definition) is 3. The van der Waals surface area contributed by atoms with Gasteiger partial charge in [-0.3, -0.25) is 0 Å². The first-order valence-electron chi connectivity index (χ1n) is 18.2. The lowest BCUT2D eigenvalue weighted by Crippen LogP contribution is -2.26. The Kier molecular flexibility index (Phi) is 5.92. The van der Waals surface area contributed by atoms with Crippen molar-refractivity contribution in [1.82, 2.24) is 0 Å². The van der Waals surface area contributed by atoms with Gasteiger partial charge in [0.05, 0.1) is 26.4 Å². The highest BCUT2D eigenvalue weighted by molar-refractivity contribution is 7.26. The second-order valence-electron chi connectivity index (χ2n) is 14.2. The van der Waals surface area contributed by atoms with Crippen molar-refractivity contribution in [3.63, 3.8) is 0 Å². The van der Waals surface area contributed by atoms with Gasteiger partial charge in [0.1, 0.15) is 0 Å². The van der Waals surface area contributed by atoms with Crippen molar-refractivity contribution < 1.29 is 0 Å². The van der Waals surface area contributed by atoms with E-state index in [-0.39, 0.29) is 0 Å². The van der Waals surface area contributed by atoms with Crippen LogP contribution < -0.4 is 4.90 Å². The number of hydrogen-bond donors (Lipinski definition) is 0. The van der Waals surface area contributed by atoms with Gasteiger partial charge in [-0.25, -0.2) is 0 Å². The zero-order valence-electron chi connectivity index (χ0n) is 28.3. The molecule has 0 fully saturated rings. The van der Waals surface area contributed by atoms with Crippen molar-refractivity contribution >= 4 is 70.0 Å². The minimum atomic E-state index is -0.395. The van der Waals surface area contributed by atoms with Crippen molar-refractivity contribution in [2.45, 2.75) is 18.3 Å². The molecule has 3 heteroatoms. The molecule has 7 aromatic carbocycles. The first kappa shape index (κ1) is 28.9. The Morgan fingerprint density at radius 3 is 1.77 bits per heavy atom. The Morgan fingerprint density at radius 1 is 0.481 bits per heavy atom. The SMILES string of the molecule is C1=C(N(c2ccc3c(c2)C2(c4ccccc4-c4ccccc42)c2ccccc2-3)c2cccc3c2sc2ccccc23)c2sc3ccccc3c2CC1. The number of anilines is 2. The molecule has 244 valence electrons. The normalized spacial score (nSPS) is 14.7.